The highest BCUT2D eigenvalue weighted by atomic mass is 79.9. The quantitative estimate of drug-likeness (QED) is 0.832. The van der Waals surface area contributed by atoms with Crippen molar-refractivity contribution in [1.29, 1.82) is 0 Å². The fourth-order valence-electron chi connectivity index (χ4n) is 2.51. The summed E-state index contributed by atoms with van der Waals surface area (Å²) in [5.74, 6) is 0.112. The number of carbonyl (C=O) groups is 1. The van der Waals surface area contributed by atoms with Gasteiger partial charge in [0.1, 0.15) is 5.82 Å². The van der Waals surface area contributed by atoms with E-state index in [9.17, 15) is 4.79 Å². The Hall–Kier alpha value is -1.14. The molecule has 20 heavy (non-hydrogen) atoms. The molecule has 0 radical (unpaired) electrons. The van der Waals surface area contributed by atoms with Crippen LogP contribution in [0.15, 0.2) is 16.7 Å². The van der Waals surface area contributed by atoms with Gasteiger partial charge in [0.2, 0.25) is 0 Å². The number of aliphatic carboxylic acids is 1. The number of nitrogens with zero attached hydrogens (tertiary/aromatic N) is 2. The van der Waals surface area contributed by atoms with Crippen molar-refractivity contribution in [2.45, 2.75) is 38.8 Å². The molecule has 1 aliphatic carbocycles. The van der Waals surface area contributed by atoms with Crippen molar-refractivity contribution in [2.24, 2.45) is 0 Å². The molecule has 6 heteroatoms. The molecule has 0 unspecified atom stereocenters. The molecule has 1 aliphatic rings. The lowest BCUT2D eigenvalue weighted by Crippen LogP contribution is -2.51. The molecule has 0 spiro atoms. The van der Waals surface area contributed by atoms with E-state index >= 15 is 0 Å². The number of likely N-dealkylation sites (N-methyl/N-ethyl adjacent to an activating group) is 1. The molecule has 0 aliphatic heterocycles. The van der Waals surface area contributed by atoms with Crippen molar-refractivity contribution in [3.8, 4) is 0 Å². The van der Waals surface area contributed by atoms with Gasteiger partial charge in [0, 0.05) is 18.3 Å². The molecule has 0 aromatic carbocycles. The molecule has 0 saturated heterocycles. The van der Waals surface area contributed by atoms with Gasteiger partial charge in [0.05, 0.1) is 11.0 Å². The standard InChI is InChI=1S/C14H20BrN3O2/c1-3-18(8-12(19)20)11-6-10(7-11)17-14-13(15)9(2)4-5-16-14/h4-5,10-11H,3,6-8H2,1-2H3,(H,16,17)(H,19,20). The van der Waals surface area contributed by atoms with Gasteiger partial charge in [-0.15, -0.1) is 0 Å². The summed E-state index contributed by atoms with van der Waals surface area (Å²) in [6.07, 6.45) is 3.72. The average molecular weight is 342 g/mol. The highest BCUT2D eigenvalue weighted by Crippen LogP contribution is 2.31. The Morgan fingerprint density at radius 2 is 2.30 bits per heavy atom. The lowest BCUT2D eigenvalue weighted by molar-refractivity contribution is -0.139. The predicted octanol–water partition coefficient (Wildman–Crippen LogP) is 2.50. The Bertz CT molecular complexity index is 489. The van der Waals surface area contributed by atoms with Gasteiger partial charge in [-0.3, -0.25) is 9.69 Å². The highest BCUT2D eigenvalue weighted by Gasteiger charge is 2.34. The first-order valence-corrected chi connectivity index (χ1v) is 7.64. The molecule has 1 heterocycles. The molecule has 2 N–H and O–H groups in total. The van der Waals surface area contributed by atoms with Gasteiger partial charge in [0.15, 0.2) is 0 Å². The molecule has 0 amide bonds. The number of rotatable bonds is 6. The van der Waals surface area contributed by atoms with Gasteiger partial charge in [-0.2, -0.15) is 0 Å². The Labute approximate surface area is 127 Å². The largest absolute Gasteiger partial charge is 0.480 e. The van der Waals surface area contributed by atoms with E-state index in [4.69, 9.17) is 5.11 Å². The van der Waals surface area contributed by atoms with Crippen molar-refractivity contribution in [1.82, 2.24) is 9.88 Å². The van der Waals surface area contributed by atoms with E-state index in [2.05, 4.69) is 26.2 Å². The third-order valence-electron chi connectivity index (χ3n) is 3.80. The summed E-state index contributed by atoms with van der Waals surface area (Å²) in [6.45, 7) is 4.94. The van der Waals surface area contributed by atoms with Crippen LogP contribution in [0.5, 0.6) is 0 Å². The van der Waals surface area contributed by atoms with Crippen LogP contribution in [0.3, 0.4) is 0 Å². The maximum absolute atomic E-state index is 10.8. The van der Waals surface area contributed by atoms with E-state index in [-0.39, 0.29) is 6.54 Å². The zero-order chi connectivity index (χ0) is 14.7. The maximum Gasteiger partial charge on any atom is 0.317 e. The van der Waals surface area contributed by atoms with Crippen LogP contribution in [-0.4, -0.2) is 46.1 Å². The minimum Gasteiger partial charge on any atom is -0.480 e. The number of hydrogen-bond acceptors (Lipinski definition) is 4. The highest BCUT2D eigenvalue weighted by molar-refractivity contribution is 9.10. The second kappa shape index (κ2) is 6.54. The van der Waals surface area contributed by atoms with Crippen LogP contribution >= 0.6 is 15.9 Å². The van der Waals surface area contributed by atoms with Crippen LogP contribution in [0.2, 0.25) is 0 Å². The molecule has 1 aromatic rings. The SMILES string of the molecule is CCN(CC(=O)O)C1CC(Nc2nccc(C)c2Br)C1. The molecule has 2 rings (SSSR count). The monoisotopic (exact) mass is 341 g/mol. The van der Waals surface area contributed by atoms with Crippen LogP contribution in [0, 0.1) is 6.92 Å². The summed E-state index contributed by atoms with van der Waals surface area (Å²) < 4.78 is 1.00. The zero-order valence-corrected chi connectivity index (χ0v) is 13.4. The molecule has 1 aromatic heterocycles. The van der Waals surface area contributed by atoms with Crippen molar-refractivity contribution in [2.75, 3.05) is 18.4 Å². The first kappa shape index (κ1) is 15.3. The molecule has 1 fully saturated rings. The number of halogens is 1. The van der Waals surface area contributed by atoms with Crippen LogP contribution < -0.4 is 5.32 Å². The van der Waals surface area contributed by atoms with Gasteiger partial charge >= 0.3 is 5.97 Å². The summed E-state index contributed by atoms with van der Waals surface area (Å²) in [4.78, 5) is 17.1. The second-order valence-electron chi connectivity index (χ2n) is 5.21. The van der Waals surface area contributed by atoms with Crippen molar-refractivity contribution in [3.05, 3.63) is 22.3 Å². The van der Waals surface area contributed by atoms with E-state index in [1.54, 1.807) is 6.20 Å². The van der Waals surface area contributed by atoms with Crippen molar-refractivity contribution < 1.29 is 9.90 Å². The Balaban J connectivity index is 1.87. The number of aromatic nitrogens is 1. The predicted molar refractivity (Wildman–Crippen MR) is 82.0 cm³/mol. The number of hydrogen-bond donors (Lipinski definition) is 2. The third kappa shape index (κ3) is 3.49. The Morgan fingerprint density at radius 1 is 1.60 bits per heavy atom. The number of nitrogens with one attached hydrogen (secondary N) is 1. The van der Waals surface area contributed by atoms with E-state index in [1.807, 2.05) is 24.8 Å². The molecule has 1 saturated carbocycles. The van der Waals surface area contributed by atoms with Crippen LogP contribution in [0.25, 0.3) is 0 Å². The fraction of sp³-hybridized carbons (Fsp3) is 0.571. The Kier molecular flexibility index (Phi) is 4.99. The maximum atomic E-state index is 10.8. The number of anilines is 1. The van der Waals surface area contributed by atoms with E-state index < -0.39 is 5.97 Å². The molecular weight excluding hydrogens is 322 g/mol. The summed E-state index contributed by atoms with van der Waals surface area (Å²) >= 11 is 3.54. The van der Waals surface area contributed by atoms with Gasteiger partial charge < -0.3 is 10.4 Å². The normalized spacial score (nSPS) is 21.6. The van der Waals surface area contributed by atoms with Crippen molar-refractivity contribution >= 4 is 27.7 Å². The van der Waals surface area contributed by atoms with Gasteiger partial charge in [0.25, 0.3) is 0 Å². The van der Waals surface area contributed by atoms with Gasteiger partial charge in [-0.1, -0.05) is 6.92 Å². The number of aryl methyl sites for hydroxylation is 1. The fourth-order valence-corrected chi connectivity index (χ4v) is 2.86. The van der Waals surface area contributed by atoms with Crippen LogP contribution in [0.4, 0.5) is 5.82 Å². The van der Waals surface area contributed by atoms with Gasteiger partial charge in [-0.05, 0) is 53.9 Å². The topological polar surface area (TPSA) is 65.5 Å². The molecule has 5 nitrogen and oxygen atoms in total. The summed E-state index contributed by atoms with van der Waals surface area (Å²) in [6, 6.07) is 2.69. The first-order valence-electron chi connectivity index (χ1n) is 6.84. The van der Waals surface area contributed by atoms with Gasteiger partial charge in [-0.25, -0.2) is 4.98 Å². The molecule has 0 atom stereocenters. The minimum atomic E-state index is -0.758. The summed E-state index contributed by atoms with van der Waals surface area (Å²) in [5.41, 5.74) is 1.15. The Morgan fingerprint density at radius 3 is 2.90 bits per heavy atom. The summed E-state index contributed by atoms with van der Waals surface area (Å²) in [7, 11) is 0. The second-order valence-corrected chi connectivity index (χ2v) is 6.01. The smallest absolute Gasteiger partial charge is 0.317 e. The lowest BCUT2D eigenvalue weighted by Gasteiger charge is -2.42. The van der Waals surface area contributed by atoms with Crippen molar-refractivity contribution in [3.63, 3.8) is 0 Å². The number of carboxylic acid groups (broad SMARTS) is 1. The lowest BCUT2D eigenvalue weighted by atomic mass is 9.85. The molecular formula is C14H20BrN3O2. The van der Waals surface area contributed by atoms with E-state index in [0.717, 1.165) is 35.2 Å². The third-order valence-corrected chi connectivity index (χ3v) is 4.80. The van der Waals surface area contributed by atoms with Crippen LogP contribution in [-0.2, 0) is 4.79 Å². The van der Waals surface area contributed by atoms with Crippen LogP contribution in [0.1, 0.15) is 25.3 Å². The zero-order valence-electron chi connectivity index (χ0n) is 11.8. The average Bonchev–Trinajstić information content (AvgIpc) is 2.35. The summed E-state index contributed by atoms with van der Waals surface area (Å²) in [5, 5.41) is 12.3. The molecule has 110 valence electrons. The van der Waals surface area contributed by atoms with E-state index in [1.165, 1.54) is 0 Å². The first-order chi connectivity index (χ1) is 9.51. The minimum absolute atomic E-state index is 0.125. The number of pyridine rings is 1. The number of carboxylic acids is 1. The molecule has 0 bridgehead atoms. The van der Waals surface area contributed by atoms with E-state index in [0.29, 0.717) is 12.1 Å².